The summed E-state index contributed by atoms with van der Waals surface area (Å²) in [5, 5.41) is 7.01. The molecule has 0 bridgehead atoms. The monoisotopic (exact) mass is 325 g/mol. The van der Waals surface area contributed by atoms with Crippen molar-refractivity contribution in [2.75, 3.05) is 17.2 Å². The third-order valence-corrected chi connectivity index (χ3v) is 3.39. The van der Waals surface area contributed by atoms with Crippen LogP contribution in [0.2, 0.25) is 5.02 Å². The summed E-state index contributed by atoms with van der Waals surface area (Å²) in [5.74, 6) is 1.35. The zero-order valence-electron chi connectivity index (χ0n) is 12.6. The van der Waals surface area contributed by atoms with Crippen LogP contribution >= 0.6 is 11.6 Å². The molecule has 0 spiro atoms. The lowest BCUT2D eigenvalue weighted by Gasteiger charge is -2.08. The van der Waals surface area contributed by atoms with Gasteiger partial charge in [0.2, 0.25) is 5.95 Å². The minimum Gasteiger partial charge on any atom is -0.370 e. The lowest BCUT2D eigenvalue weighted by molar-refractivity contribution is 1.15. The lowest BCUT2D eigenvalue weighted by Crippen LogP contribution is -2.00. The third kappa shape index (κ3) is 3.96. The predicted molar refractivity (Wildman–Crippen MR) is 94.2 cm³/mol. The molecule has 0 amide bonds. The summed E-state index contributed by atoms with van der Waals surface area (Å²) in [7, 11) is 0. The highest BCUT2D eigenvalue weighted by atomic mass is 35.5. The Morgan fingerprint density at radius 2 is 1.91 bits per heavy atom. The molecule has 0 radical (unpaired) electrons. The van der Waals surface area contributed by atoms with Gasteiger partial charge in [-0.1, -0.05) is 17.7 Å². The number of aromatic nitrogens is 3. The molecular formula is C17H16ClN5. The van der Waals surface area contributed by atoms with Crippen LogP contribution in [0.4, 0.5) is 17.5 Å². The number of pyridine rings is 1. The molecule has 0 saturated carbocycles. The van der Waals surface area contributed by atoms with Crippen molar-refractivity contribution in [3.05, 3.63) is 59.9 Å². The number of halogens is 1. The minimum atomic E-state index is 0.520. The van der Waals surface area contributed by atoms with E-state index in [4.69, 9.17) is 11.6 Å². The Labute approximate surface area is 139 Å². The summed E-state index contributed by atoms with van der Waals surface area (Å²) in [4.78, 5) is 13.1. The van der Waals surface area contributed by atoms with Gasteiger partial charge in [0.25, 0.3) is 0 Å². The van der Waals surface area contributed by atoms with E-state index < -0.39 is 0 Å². The molecule has 3 rings (SSSR count). The molecule has 23 heavy (non-hydrogen) atoms. The summed E-state index contributed by atoms with van der Waals surface area (Å²) in [5.41, 5.74) is 2.65. The van der Waals surface area contributed by atoms with Gasteiger partial charge in [-0.25, -0.2) is 15.0 Å². The van der Waals surface area contributed by atoms with Gasteiger partial charge in [0, 0.05) is 35.2 Å². The van der Waals surface area contributed by atoms with E-state index >= 15 is 0 Å². The fraction of sp³-hybridized carbons (Fsp3) is 0.118. The SMILES string of the molecule is CCNc1cc(-c2ccnc(Nc3cccc(Cl)c3)n2)ccn1. The Bertz CT molecular complexity index is 806. The van der Waals surface area contributed by atoms with Crippen LogP contribution in [-0.4, -0.2) is 21.5 Å². The highest BCUT2D eigenvalue weighted by Gasteiger charge is 2.04. The topological polar surface area (TPSA) is 62.7 Å². The molecule has 0 aliphatic heterocycles. The standard InChI is InChI=1S/C17H16ClN5/c1-2-19-16-10-12(6-8-20-16)15-7-9-21-17(23-15)22-14-5-3-4-13(18)11-14/h3-11H,2H2,1H3,(H,19,20)(H,21,22,23). The van der Waals surface area contributed by atoms with Crippen molar-refractivity contribution in [3.63, 3.8) is 0 Å². The van der Waals surface area contributed by atoms with Gasteiger partial charge < -0.3 is 10.6 Å². The quantitative estimate of drug-likeness (QED) is 0.729. The summed E-state index contributed by atoms with van der Waals surface area (Å²) in [6.45, 7) is 2.86. The molecule has 0 atom stereocenters. The van der Waals surface area contributed by atoms with Gasteiger partial charge in [0.1, 0.15) is 5.82 Å². The van der Waals surface area contributed by atoms with E-state index in [2.05, 4.69) is 25.6 Å². The largest absolute Gasteiger partial charge is 0.370 e. The van der Waals surface area contributed by atoms with Gasteiger partial charge >= 0.3 is 0 Å². The maximum atomic E-state index is 5.99. The Balaban J connectivity index is 1.86. The van der Waals surface area contributed by atoms with E-state index in [-0.39, 0.29) is 0 Å². The molecule has 2 aromatic heterocycles. The van der Waals surface area contributed by atoms with Crippen LogP contribution in [0.15, 0.2) is 54.9 Å². The minimum absolute atomic E-state index is 0.520. The number of hydrogen-bond donors (Lipinski definition) is 2. The highest BCUT2D eigenvalue weighted by Crippen LogP contribution is 2.22. The zero-order valence-corrected chi connectivity index (χ0v) is 13.4. The summed E-state index contributed by atoms with van der Waals surface area (Å²) in [6, 6.07) is 13.2. The Hall–Kier alpha value is -2.66. The number of hydrogen-bond acceptors (Lipinski definition) is 5. The molecule has 2 N–H and O–H groups in total. The van der Waals surface area contributed by atoms with E-state index in [9.17, 15) is 0 Å². The van der Waals surface area contributed by atoms with Crippen LogP contribution in [0, 0.1) is 0 Å². The number of nitrogens with zero attached hydrogens (tertiary/aromatic N) is 3. The average molecular weight is 326 g/mol. The van der Waals surface area contributed by atoms with Crippen molar-refractivity contribution in [1.82, 2.24) is 15.0 Å². The van der Waals surface area contributed by atoms with Crippen LogP contribution in [0.3, 0.4) is 0 Å². The molecular weight excluding hydrogens is 310 g/mol. The summed E-state index contributed by atoms with van der Waals surface area (Å²) >= 11 is 5.99. The fourth-order valence-electron chi connectivity index (χ4n) is 2.14. The van der Waals surface area contributed by atoms with E-state index in [1.807, 2.05) is 49.4 Å². The van der Waals surface area contributed by atoms with Crippen LogP contribution in [0.25, 0.3) is 11.3 Å². The Morgan fingerprint density at radius 1 is 1.04 bits per heavy atom. The van der Waals surface area contributed by atoms with Gasteiger partial charge in [0.05, 0.1) is 5.69 Å². The fourth-order valence-corrected chi connectivity index (χ4v) is 2.33. The van der Waals surface area contributed by atoms with Gasteiger partial charge in [-0.15, -0.1) is 0 Å². The van der Waals surface area contributed by atoms with Crippen LogP contribution in [-0.2, 0) is 0 Å². The smallest absolute Gasteiger partial charge is 0.227 e. The molecule has 6 heteroatoms. The van der Waals surface area contributed by atoms with E-state index in [0.717, 1.165) is 29.3 Å². The second kappa shape index (κ2) is 7.07. The van der Waals surface area contributed by atoms with Gasteiger partial charge in [-0.2, -0.15) is 0 Å². The van der Waals surface area contributed by atoms with Gasteiger partial charge in [-0.3, -0.25) is 0 Å². The first-order valence-corrected chi connectivity index (χ1v) is 7.68. The summed E-state index contributed by atoms with van der Waals surface area (Å²) < 4.78 is 0. The van der Waals surface area contributed by atoms with Crippen molar-refractivity contribution in [3.8, 4) is 11.3 Å². The molecule has 1 aromatic carbocycles. The number of anilines is 3. The van der Waals surface area contributed by atoms with Crippen LogP contribution < -0.4 is 10.6 Å². The Kier molecular flexibility index (Phi) is 4.68. The number of nitrogens with one attached hydrogen (secondary N) is 2. The molecule has 0 fully saturated rings. The van der Waals surface area contributed by atoms with E-state index in [0.29, 0.717) is 11.0 Å². The average Bonchev–Trinajstić information content (AvgIpc) is 2.56. The van der Waals surface area contributed by atoms with Gasteiger partial charge in [0.15, 0.2) is 0 Å². The molecule has 2 heterocycles. The zero-order chi connectivity index (χ0) is 16.1. The highest BCUT2D eigenvalue weighted by molar-refractivity contribution is 6.30. The lowest BCUT2D eigenvalue weighted by atomic mass is 10.2. The van der Waals surface area contributed by atoms with Gasteiger partial charge in [-0.05, 0) is 43.3 Å². The number of rotatable bonds is 5. The molecule has 0 aliphatic carbocycles. The second-order valence-electron chi connectivity index (χ2n) is 4.86. The van der Waals surface area contributed by atoms with Crippen molar-refractivity contribution in [1.29, 1.82) is 0 Å². The van der Waals surface area contributed by atoms with E-state index in [1.165, 1.54) is 0 Å². The maximum Gasteiger partial charge on any atom is 0.227 e. The number of benzene rings is 1. The van der Waals surface area contributed by atoms with Crippen molar-refractivity contribution < 1.29 is 0 Å². The molecule has 116 valence electrons. The molecule has 0 unspecified atom stereocenters. The first-order chi connectivity index (χ1) is 11.2. The van der Waals surface area contributed by atoms with Crippen LogP contribution in [0.5, 0.6) is 0 Å². The third-order valence-electron chi connectivity index (χ3n) is 3.15. The second-order valence-corrected chi connectivity index (χ2v) is 5.30. The van der Waals surface area contributed by atoms with Crippen LogP contribution in [0.1, 0.15) is 6.92 Å². The maximum absolute atomic E-state index is 5.99. The van der Waals surface area contributed by atoms with Crippen molar-refractivity contribution in [2.45, 2.75) is 6.92 Å². The Morgan fingerprint density at radius 3 is 2.74 bits per heavy atom. The first kappa shape index (κ1) is 15.2. The molecule has 0 aliphatic rings. The van der Waals surface area contributed by atoms with Crippen molar-refractivity contribution >= 4 is 29.1 Å². The predicted octanol–water partition coefficient (Wildman–Crippen LogP) is 4.37. The molecule has 0 saturated heterocycles. The van der Waals surface area contributed by atoms with Crippen molar-refractivity contribution in [2.24, 2.45) is 0 Å². The molecule has 3 aromatic rings. The van der Waals surface area contributed by atoms with E-state index in [1.54, 1.807) is 12.4 Å². The molecule has 5 nitrogen and oxygen atoms in total. The first-order valence-electron chi connectivity index (χ1n) is 7.30. The normalized spacial score (nSPS) is 10.3. The summed E-state index contributed by atoms with van der Waals surface area (Å²) in [6.07, 6.45) is 3.49.